The van der Waals surface area contributed by atoms with E-state index in [4.69, 9.17) is 0 Å². The van der Waals surface area contributed by atoms with Crippen molar-refractivity contribution in [2.75, 3.05) is 7.11 Å². The number of carbonyl (C=O) groups is 1. The van der Waals surface area contributed by atoms with Crippen LogP contribution in [-0.2, 0) is 4.74 Å². The highest BCUT2D eigenvalue weighted by atomic mass is 32.1. The van der Waals surface area contributed by atoms with Crippen LogP contribution in [0, 0.1) is 0 Å². The van der Waals surface area contributed by atoms with Gasteiger partial charge in [-0.25, -0.2) is 9.78 Å². The minimum atomic E-state index is -0.400. The zero-order valence-corrected chi connectivity index (χ0v) is 6.85. The van der Waals surface area contributed by atoms with Crippen LogP contribution in [0.15, 0.2) is 12.8 Å². The summed E-state index contributed by atoms with van der Waals surface area (Å²) in [6, 6.07) is 0. The van der Waals surface area contributed by atoms with Gasteiger partial charge in [0.05, 0.1) is 7.11 Å². The fourth-order valence-electron chi connectivity index (χ4n) is 0.563. The third-order valence-corrected chi connectivity index (χ3v) is 2.06. The molecule has 0 aliphatic rings. The molecule has 0 radical (unpaired) electrons. The summed E-state index contributed by atoms with van der Waals surface area (Å²) in [5.41, 5.74) is 0. The van der Waals surface area contributed by atoms with Gasteiger partial charge in [0.25, 0.3) is 0 Å². The highest BCUT2D eigenvalue weighted by molar-refractivity contribution is 7.14. The lowest BCUT2D eigenvalue weighted by molar-refractivity contribution is 0.0600. The van der Waals surface area contributed by atoms with E-state index >= 15 is 0 Å². The lowest BCUT2D eigenvalue weighted by Gasteiger charge is -1.89. The van der Waals surface area contributed by atoms with Crippen molar-refractivity contribution in [2.45, 2.75) is 0 Å². The number of esters is 1. The van der Waals surface area contributed by atoms with Crippen molar-refractivity contribution >= 4 is 23.4 Å². The van der Waals surface area contributed by atoms with Gasteiger partial charge in [0, 0.05) is 11.1 Å². The van der Waals surface area contributed by atoms with Crippen molar-refractivity contribution in [3.63, 3.8) is 0 Å². The summed E-state index contributed by atoms with van der Waals surface area (Å²) in [6.45, 7) is 3.55. The number of methoxy groups -OCH3 is 1. The van der Waals surface area contributed by atoms with E-state index in [1.807, 2.05) is 0 Å². The summed E-state index contributed by atoms with van der Waals surface area (Å²) >= 11 is 1.26. The fraction of sp³-hybridized carbons (Fsp3) is 0.143. The third-order valence-electron chi connectivity index (χ3n) is 1.08. The molecule has 1 aromatic heterocycles. The van der Waals surface area contributed by atoms with Gasteiger partial charge in [0.15, 0.2) is 0 Å². The Labute approximate surface area is 68.3 Å². The van der Waals surface area contributed by atoms with E-state index < -0.39 is 5.97 Å². The number of rotatable bonds is 2. The first-order valence-electron chi connectivity index (χ1n) is 2.94. The minimum Gasteiger partial charge on any atom is -0.464 e. The maximum atomic E-state index is 10.8. The normalized spacial score (nSPS) is 9.18. The van der Waals surface area contributed by atoms with Gasteiger partial charge in [-0.3, -0.25) is 0 Å². The van der Waals surface area contributed by atoms with E-state index in [0.717, 1.165) is 4.88 Å². The van der Waals surface area contributed by atoms with E-state index in [0.29, 0.717) is 5.01 Å². The van der Waals surface area contributed by atoms with Crippen molar-refractivity contribution in [3.8, 4) is 0 Å². The Bertz CT molecular complexity index is 280. The summed E-state index contributed by atoms with van der Waals surface area (Å²) in [7, 11) is 1.33. The number of aromatic nitrogens is 1. The highest BCUT2D eigenvalue weighted by Gasteiger charge is 2.08. The van der Waals surface area contributed by atoms with Gasteiger partial charge < -0.3 is 4.74 Å². The van der Waals surface area contributed by atoms with Gasteiger partial charge in [0.1, 0.15) is 0 Å². The van der Waals surface area contributed by atoms with E-state index in [1.165, 1.54) is 18.4 Å². The van der Waals surface area contributed by atoms with Crippen LogP contribution in [0.5, 0.6) is 0 Å². The Kier molecular flexibility index (Phi) is 2.38. The maximum Gasteiger partial charge on any atom is 0.367 e. The maximum absolute atomic E-state index is 10.8. The highest BCUT2D eigenvalue weighted by Crippen LogP contribution is 2.14. The standard InChI is InChI=1S/C7H7NO2S/c1-3-5-4-8-6(11-5)7(9)10-2/h3-4H,1H2,2H3. The van der Waals surface area contributed by atoms with Crippen molar-refractivity contribution in [2.24, 2.45) is 0 Å². The van der Waals surface area contributed by atoms with Gasteiger partial charge in [-0.15, -0.1) is 11.3 Å². The van der Waals surface area contributed by atoms with Crippen molar-refractivity contribution in [3.05, 3.63) is 22.7 Å². The van der Waals surface area contributed by atoms with Crippen LogP contribution < -0.4 is 0 Å². The van der Waals surface area contributed by atoms with Crippen LogP contribution in [0.2, 0.25) is 0 Å². The SMILES string of the molecule is C=Cc1cnc(C(=O)OC)s1. The molecule has 0 aromatic carbocycles. The predicted octanol–water partition coefficient (Wildman–Crippen LogP) is 1.57. The number of hydrogen-bond donors (Lipinski definition) is 0. The van der Waals surface area contributed by atoms with Gasteiger partial charge in [0.2, 0.25) is 5.01 Å². The van der Waals surface area contributed by atoms with Crippen LogP contribution in [0.25, 0.3) is 6.08 Å². The van der Waals surface area contributed by atoms with E-state index in [1.54, 1.807) is 12.3 Å². The number of carbonyl (C=O) groups excluding carboxylic acids is 1. The molecule has 0 bridgehead atoms. The second kappa shape index (κ2) is 3.30. The molecule has 0 aliphatic heterocycles. The molecule has 4 heteroatoms. The topological polar surface area (TPSA) is 39.2 Å². The summed E-state index contributed by atoms with van der Waals surface area (Å²) in [5, 5.41) is 0.363. The van der Waals surface area contributed by atoms with Gasteiger partial charge >= 0.3 is 5.97 Å². The second-order valence-electron chi connectivity index (χ2n) is 1.76. The largest absolute Gasteiger partial charge is 0.464 e. The Morgan fingerprint density at radius 2 is 2.64 bits per heavy atom. The number of nitrogens with zero attached hydrogens (tertiary/aromatic N) is 1. The van der Waals surface area contributed by atoms with Crippen molar-refractivity contribution < 1.29 is 9.53 Å². The molecule has 0 unspecified atom stereocenters. The molecule has 11 heavy (non-hydrogen) atoms. The van der Waals surface area contributed by atoms with Gasteiger partial charge in [-0.1, -0.05) is 12.7 Å². The molecule has 0 atom stereocenters. The van der Waals surface area contributed by atoms with Crippen LogP contribution >= 0.6 is 11.3 Å². The average Bonchev–Trinajstić information content (AvgIpc) is 2.50. The molecule has 0 aliphatic carbocycles. The molecule has 58 valence electrons. The summed E-state index contributed by atoms with van der Waals surface area (Å²) < 4.78 is 4.47. The number of ether oxygens (including phenoxy) is 1. The predicted molar refractivity (Wildman–Crippen MR) is 43.5 cm³/mol. The lowest BCUT2D eigenvalue weighted by atomic mass is 10.5. The minimum absolute atomic E-state index is 0.363. The van der Waals surface area contributed by atoms with Crippen LogP contribution in [0.1, 0.15) is 14.7 Å². The average molecular weight is 169 g/mol. The summed E-state index contributed by atoms with van der Waals surface area (Å²) in [4.78, 5) is 15.5. The van der Waals surface area contributed by atoms with Crippen molar-refractivity contribution in [1.82, 2.24) is 4.98 Å². The lowest BCUT2D eigenvalue weighted by Crippen LogP contribution is -1.98. The first-order valence-corrected chi connectivity index (χ1v) is 3.76. The summed E-state index contributed by atoms with van der Waals surface area (Å²) in [6.07, 6.45) is 3.23. The molecule has 1 aromatic rings. The first-order chi connectivity index (χ1) is 5.27. The molecule has 1 heterocycles. The van der Waals surface area contributed by atoms with Crippen molar-refractivity contribution in [1.29, 1.82) is 0 Å². The zero-order chi connectivity index (χ0) is 8.27. The Balaban J connectivity index is 2.88. The monoisotopic (exact) mass is 169 g/mol. The Morgan fingerprint density at radius 1 is 1.91 bits per heavy atom. The third kappa shape index (κ3) is 1.65. The smallest absolute Gasteiger partial charge is 0.367 e. The van der Waals surface area contributed by atoms with Crippen LogP contribution in [0.3, 0.4) is 0 Å². The van der Waals surface area contributed by atoms with E-state index in [-0.39, 0.29) is 0 Å². The van der Waals surface area contributed by atoms with Gasteiger partial charge in [-0.2, -0.15) is 0 Å². The molecule has 0 spiro atoms. The second-order valence-corrected chi connectivity index (χ2v) is 2.83. The van der Waals surface area contributed by atoms with Crippen LogP contribution in [-0.4, -0.2) is 18.1 Å². The zero-order valence-electron chi connectivity index (χ0n) is 6.03. The Morgan fingerprint density at radius 3 is 3.09 bits per heavy atom. The quantitative estimate of drug-likeness (QED) is 0.631. The molecule has 0 amide bonds. The molecule has 0 fully saturated rings. The van der Waals surface area contributed by atoms with Crippen LogP contribution in [0.4, 0.5) is 0 Å². The molecule has 0 saturated heterocycles. The number of thiazole rings is 1. The molecule has 3 nitrogen and oxygen atoms in total. The summed E-state index contributed by atoms with van der Waals surface area (Å²) in [5.74, 6) is -0.400. The Hall–Kier alpha value is -1.16. The molecular weight excluding hydrogens is 162 g/mol. The molecule has 0 saturated carbocycles. The van der Waals surface area contributed by atoms with E-state index in [9.17, 15) is 4.79 Å². The molecule has 0 N–H and O–H groups in total. The molecular formula is C7H7NO2S. The fourth-order valence-corrected chi connectivity index (χ4v) is 1.25. The number of hydrogen-bond acceptors (Lipinski definition) is 4. The van der Waals surface area contributed by atoms with E-state index in [2.05, 4.69) is 16.3 Å². The first kappa shape index (κ1) is 7.94. The molecule has 1 rings (SSSR count). The van der Waals surface area contributed by atoms with Gasteiger partial charge in [-0.05, 0) is 0 Å².